The van der Waals surface area contributed by atoms with Gasteiger partial charge in [-0.2, -0.15) is 26.3 Å². The number of carbonyl (C=O) groups excluding carboxylic acids is 1. The summed E-state index contributed by atoms with van der Waals surface area (Å²) < 4.78 is 122. The number of rotatable bonds is 7. The van der Waals surface area contributed by atoms with Gasteiger partial charge >= 0.3 is 12.4 Å². The zero-order chi connectivity index (χ0) is 29.6. The van der Waals surface area contributed by atoms with Crippen molar-refractivity contribution < 1.29 is 54.2 Å². The summed E-state index contributed by atoms with van der Waals surface area (Å²) in [5, 5.41) is 21.2. The minimum Gasteiger partial charge on any atom is -0.390 e. The quantitative estimate of drug-likeness (QED) is 0.412. The van der Waals surface area contributed by atoms with Crippen LogP contribution in [0.2, 0.25) is 0 Å². The standard InChI is InChI=1S/C23H23F7N2O5S2/c1-20(2,34)10-19(33)31-11-15-12-32(39(36,37)16-6-4-14(24)5-7-16)17-8-3-13(9-18(17)38-15)21(35,22(25,26)27)23(28,29)30/h3-9,15,34-35H,10-12H2,1-2H3,(H,31,33). The fourth-order valence-electron chi connectivity index (χ4n) is 3.78. The monoisotopic (exact) mass is 604 g/mol. The minimum absolute atomic E-state index is 0.276. The number of nitrogens with one attached hydrogen (secondary N) is 1. The van der Waals surface area contributed by atoms with E-state index in [1.54, 1.807) is 0 Å². The molecule has 1 aliphatic rings. The van der Waals surface area contributed by atoms with Crippen LogP contribution in [0.3, 0.4) is 0 Å². The van der Waals surface area contributed by atoms with Gasteiger partial charge < -0.3 is 15.5 Å². The molecule has 16 heteroatoms. The molecule has 1 unspecified atom stereocenters. The first-order chi connectivity index (χ1) is 17.7. The Morgan fingerprint density at radius 3 is 2.10 bits per heavy atom. The van der Waals surface area contributed by atoms with Gasteiger partial charge in [0.05, 0.1) is 22.6 Å². The van der Waals surface area contributed by atoms with E-state index in [9.17, 15) is 54.2 Å². The van der Waals surface area contributed by atoms with Crippen LogP contribution in [-0.4, -0.2) is 60.8 Å². The van der Waals surface area contributed by atoms with Crippen molar-refractivity contribution in [3.63, 3.8) is 0 Å². The minimum atomic E-state index is -6.16. The Labute approximate surface area is 223 Å². The number of nitrogens with zero attached hydrogens (tertiary/aromatic N) is 1. The van der Waals surface area contributed by atoms with Crippen molar-refractivity contribution >= 4 is 33.4 Å². The molecule has 216 valence electrons. The van der Waals surface area contributed by atoms with E-state index in [0.717, 1.165) is 28.6 Å². The van der Waals surface area contributed by atoms with E-state index in [4.69, 9.17) is 0 Å². The Morgan fingerprint density at radius 2 is 1.59 bits per heavy atom. The number of benzene rings is 2. The van der Waals surface area contributed by atoms with Crippen molar-refractivity contribution in [1.82, 2.24) is 5.32 Å². The number of aliphatic hydroxyl groups is 2. The lowest BCUT2D eigenvalue weighted by molar-refractivity contribution is -0.376. The van der Waals surface area contributed by atoms with Gasteiger partial charge in [0.15, 0.2) is 0 Å². The zero-order valence-corrected chi connectivity index (χ0v) is 21.9. The van der Waals surface area contributed by atoms with E-state index in [1.165, 1.54) is 13.8 Å². The third kappa shape index (κ3) is 6.44. The molecule has 0 bridgehead atoms. The summed E-state index contributed by atoms with van der Waals surface area (Å²) in [6.07, 6.45) is -12.7. The number of alkyl halides is 6. The van der Waals surface area contributed by atoms with E-state index in [0.29, 0.717) is 30.0 Å². The third-order valence-electron chi connectivity index (χ3n) is 5.65. The molecule has 3 rings (SSSR count). The maximum atomic E-state index is 13.5. The van der Waals surface area contributed by atoms with Crippen LogP contribution < -0.4 is 9.62 Å². The first kappa shape index (κ1) is 31.0. The van der Waals surface area contributed by atoms with Crippen LogP contribution in [0.1, 0.15) is 25.8 Å². The van der Waals surface area contributed by atoms with Crippen LogP contribution in [0.15, 0.2) is 52.3 Å². The molecular formula is C23H23F7N2O5S2. The number of carbonyl (C=O) groups is 1. The predicted octanol–water partition coefficient (Wildman–Crippen LogP) is 4.08. The van der Waals surface area contributed by atoms with Gasteiger partial charge in [-0.3, -0.25) is 9.10 Å². The molecule has 2 aromatic rings. The second-order valence-corrected chi connectivity index (χ2v) is 12.6. The Morgan fingerprint density at radius 1 is 1.03 bits per heavy atom. The molecule has 0 radical (unpaired) electrons. The van der Waals surface area contributed by atoms with Gasteiger partial charge in [-0.1, -0.05) is 6.07 Å². The first-order valence-corrected chi connectivity index (χ1v) is 13.4. The Balaban J connectivity index is 2.09. The van der Waals surface area contributed by atoms with Crippen LogP contribution >= 0.6 is 11.8 Å². The van der Waals surface area contributed by atoms with Gasteiger partial charge in [-0.25, -0.2) is 12.8 Å². The van der Waals surface area contributed by atoms with Gasteiger partial charge in [0.25, 0.3) is 15.6 Å². The van der Waals surface area contributed by atoms with Gasteiger partial charge in [0.1, 0.15) is 5.82 Å². The van der Waals surface area contributed by atoms with Crippen molar-refractivity contribution in [3.8, 4) is 0 Å². The largest absolute Gasteiger partial charge is 0.430 e. The summed E-state index contributed by atoms with van der Waals surface area (Å²) in [4.78, 5) is 11.4. The smallest absolute Gasteiger partial charge is 0.390 e. The Kier molecular flexibility index (Phi) is 8.30. The number of fused-ring (bicyclic) bond motifs is 1. The SMILES string of the molecule is CC(C)(O)CC(=O)NCC1CN(S(=O)(=O)c2ccc(F)cc2)c2ccc(C(O)(C(F)(F)F)C(F)(F)F)cc2S1. The lowest BCUT2D eigenvalue weighted by atomic mass is 9.92. The van der Waals surface area contributed by atoms with Gasteiger partial charge in [0.2, 0.25) is 5.91 Å². The molecular weight excluding hydrogens is 581 g/mol. The van der Waals surface area contributed by atoms with Crippen LogP contribution in [0.5, 0.6) is 0 Å². The molecule has 0 saturated heterocycles. The summed E-state index contributed by atoms with van der Waals surface area (Å²) >= 11 is 0.697. The van der Waals surface area contributed by atoms with E-state index in [1.807, 2.05) is 0 Å². The van der Waals surface area contributed by atoms with E-state index in [2.05, 4.69) is 5.32 Å². The summed E-state index contributed by atoms with van der Waals surface area (Å²) in [5.41, 5.74) is -8.49. The lowest BCUT2D eigenvalue weighted by Crippen LogP contribution is -2.54. The van der Waals surface area contributed by atoms with Crippen molar-refractivity contribution in [1.29, 1.82) is 0 Å². The average molecular weight is 605 g/mol. The van der Waals surface area contributed by atoms with Gasteiger partial charge in [-0.15, -0.1) is 11.8 Å². The topological polar surface area (TPSA) is 107 Å². The highest BCUT2D eigenvalue weighted by Crippen LogP contribution is 2.52. The van der Waals surface area contributed by atoms with Crippen LogP contribution in [0.25, 0.3) is 0 Å². The van der Waals surface area contributed by atoms with Crippen molar-refractivity contribution in [3.05, 3.63) is 53.8 Å². The second kappa shape index (κ2) is 10.4. The summed E-state index contributed by atoms with van der Waals surface area (Å²) in [6.45, 7) is 2.07. The molecule has 0 aromatic heterocycles. The second-order valence-electron chi connectivity index (χ2n) is 9.41. The van der Waals surface area contributed by atoms with E-state index in [-0.39, 0.29) is 30.1 Å². The summed E-state index contributed by atoms with van der Waals surface area (Å²) in [6, 6.07) is 5.04. The lowest BCUT2D eigenvalue weighted by Gasteiger charge is -2.37. The number of anilines is 1. The Bertz CT molecular complexity index is 1310. The van der Waals surface area contributed by atoms with Crippen LogP contribution in [0.4, 0.5) is 36.4 Å². The van der Waals surface area contributed by atoms with Crippen molar-refractivity contribution in [2.24, 2.45) is 0 Å². The van der Waals surface area contributed by atoms with Gasteiger partial charge in [-0.05, 0) is 50.2 Å². The number of amides is 1. The predicted molar refractivity (Wildman–Crippen MR) is 127 cm³/mol. The molecule has 1 heterocycles. The average Bonchev–Trinajstić information content (AvgIpc) is 2.79. The fourth-order valence-corrected chi connectivity index (χ4v) is 6.70. The van der Waals surface area contributed by atoms with Gasteiger partial charge in [0, 0.05) is 28.8 Å². The third-order valence-corrected chi connectivity index (χ3v) is 8.68. The molecule has 3 N–H and O–H groups in total. The van der Waals surface area contributed by atoms with E-state index >= 15 is 0 Å². The maximum absolute atomic E-state index is 13.5. The molecule has 0 saturated carbocycles. The van der Waals surface area contributed by atoms with E-state index < -0.39 is 61.0 Å². The molecule has 2 aromatic carbocycles. The highest BCUT2D eigenvalue weighted by molar-refractivity contribution is 8.00. The highest BCUT2D eigenvalue weighted by atomic mass is 32.2. The maximum Gasteiger partial charge on any atom is 0.430 e. The van der Waals surface area contributed by atoms with Crippen LogP contribution in [0, 0.1) is 5.82 Å². The molecule has 1 amide bonds. The number of sulfonamides is 1. The molecule has 1 atom stereocenters. The number of hydrogen-bond acceptors (Lipinski definition) is 6. The number of halogens is 7. The normalized spacial score (nSPS) is 17.1. The Hall–Kier alpha value is -2.56. The molecule has 0 aliphatic carbocycles. The number of hydrogen-bond donors (Lipinski definition) is 3. The highest BCUT2D eigenvalue weighted by Gasteiger charge is 2.71. The van der Waals surface area contributed by atoms with Crippen molar-refractivity contribution in [2.45, 2.75) is 58.9 Å². The van der Waals surface area contributed by atoms with Crippen LogP contribution in [-0.2, 0) is 20.4 Å². The molecule has 0 fully saturated rings. The molecule has 0 spiro atoms. The summed E-state index contributed by atoms with van der Waals surface area (Å²) in [5.74, 6) is -1.39. The summed E-state index contributed by atoms with van der Waals surface area (Å²) in [7, 11) is -4.50. The first-order valence-electron chi connectivity index (χ1n) is 11.1. The molecule has 1 aliphatic heterocycles. The molecule has 39 heavy (non-hydrogen) atoms. The number of thioether (sulfide) groups is 1. The molecule has 7 nitrogen and oxygen atoms in total. The fraction of sp³-hybridized carbons (Fsp3) is 0.435. The zero-order valence-electron chi connectivity index (χ0n) is 20.3. The van der Waals surface area contributed by atoms with Crippen molar-refractivity contribution in [2.75, 3.05) is 17.4 Å².